The maximum Gasteiger partial charge on any atom is 0.325 e. The SMILES string of the molecule is CCC(O)(C#Cc1ccc(C(CC)(CC)c2ccc(C(=O)NC(C)C(=O)O)c(C)c2)cc1C)CC. The van der Waals surface area contributed by atoms with Crippen molar-refractivity contribution in [2.24, 2.45) is 0 Å². The summed E-state index contributed by atoms with van der Waals surface area (Å²) in [5.74, 6) is 4.77. The number of hydrogen-bond donors (Lipinski definition) is 3. The lowest BCUT2D eigenvalue weighted by Gasteiger charge is -2.34. The summed E-state index contributed by atoms with van der Waals surface area (Å²) in [6.45, 7) is 13.6. The number of aryl methyl sites for hydroxylation is 2. The minimum atomic E-state index is -1.07. The molecule has 5 heteroatoms. The molecule has 2 aromatic rings. The summed E-state index contributed by atoms with van der Waals surface area (Å²) in [7, 11) is 0. The zero-order valence-electron chi connectivity index (χ0n) is 22.1. The van der Waals surface area contributed by atoms with Crippen molar-refractivity contribution in [1.82, 2.24) is 5.32 Å². The standard InChI is InChI=1S/C30H39NO4/c1-8-29(35,9-2)17-16-23-12-13-24(18-20(23)5)30(10-3,11-4)25-14-15-26(21(6)19-25)27(32)31-22(7)28(33)34/h12-15,18-19,22,35H,8-11H2,1-7H3,(H,31,32)(H,33,34). The topological polar surface area (TPSA) is 86.6 Å². The zero-order chi connectivity index (χ0) is 26.4. The minimum Gasteiger partial charge on any atom is -0.480 e. The number of carbonyl (C=O) groups is 2. The van der Waals surface area contributed by atoms with Crippen LogP contribution in [-0.4, -0.2) is 33.7 Å². The number of carboxylic acids is 1. The van der Waals surface area contributed by atoms with E-state index in [2.05, 4.69) is 43.1 Å². The van der Waals surface area contributed by atoms with Crippen molar-refractivity contribution in [2.75, 3.05) is 0 Å². The number of amides is 1. The smallest absolute Gasteiger partial charge is 0.325 e. The van der Waals surface area contributed by atoms with Gasteiger partial charge < -0.3 is 15.5 Å². The fraction of sp³-hybridized carbons (Fsp3) is 0.467. The Hall–Kier alpha value is -3.10. The second kappa shape index (κ2) is 11.6. The normalized spacial score (nSPS) is 12.5. The summed E-state index contributed by atoms with van der Waals surface area (Å²) >= 11 is 0. The van der Waals surface area contributed by atoms with Crippen molar-refractivity contribution < 1.29 is 19.8 Å². The lowest BCUT2D eigenvalue weighted by atomic mass is 9.69. The number of benzene rings is 2. The second-order valence-electron chi connectivity index (χ2n) is 9.37. The molecule has 2 aromatic carbocycles. The van der Waals surface area contributed by atoms with Gasteiger partial charge >= 0.3 is 5.97 Å². The van der Waals surface area contributed by atoms with Crippen LogP contribution in [0.2, 0.25) is 0 Å². The van der Waals surface area contributed by atoms with Crippen molar-refractivity contribution in [3.63, 3.8) is 0 Å². The molecule has 0 aliphatic rings. The maximum atomic E-state index is 12.6. The van der Waals surface area contributed by atoms with Gasteiger partial charge in [0.2, 0.25) is 0 Å². The predicted molar refractivity (Wildman–Crippen MR) is 141 cm³/mol. The van der Waals surface area contributed by atoms with Gasteiger partial charge in [-0.15, -0.1) is 0 Å². The van der Waals surface area contributed by atoms with Gasteiger partial charge in [-0.05, 0) is 80.8 Å². The quantitative estimate of drug-likeness (QED) is 0.415. The summed E-state index contributed by atoms with van der Waals surface area (Å²) in [4.78, 5) is 23.7. The lowest BCUT2D eigenvalue weighted by Crippen LogP contribution is -2.38. The Morgan fingerprint density at radius 1 is 0.914 bits per heavy atom. The minimum absolute atomic E-state index is 0.238. The highest BCUT2D eigenvalue weighted by Crippen LogP contribution is 2.40. The van der Waals surface area contributed by atoms with Crippen LogP contribution in [0.3, 0.4) is 0 Å². The van der Waals surface area contributed by atoms with Crippen LogP contribution >= 0.6 is 0 Å². The molecule has 1 amide bonds. The average molecular weight is 478 g/mol. The number of nitrogens with one attached hydrogen (secondary N) is 1. The highest BCUT2D eigenvalue weighted by atomic mass is 16.4. The molecule has 1 atom stereocenters. The third-order valence-electron chi connectivity index (χ3n) is 7.33. The van der Waals surface area contributed by atoms with Crippen molar-refractivity contribution >= 4 is 11.9 Å². The molecule has 0 aromatic heterocycles. The number of carboxylic acid groups (broad SMARTS) is 1. The lowest BCUT2D eigenvalue weighted by molar-refractivity contribution is -0.138. The van der Waals surface area contributed by atoms with E-state index in [-0.39, 0.29) is 11.3 Å². The van der Waals surface area contributed by atoms with Crippen LogP contribution in [0.5, 0.6) is 0 Å². The summed E-state index contributed by atoms with van der Waals surface area (Å²) in [6.07, 6.45) is 2.93. The molecular weight excluding hydrogens is 438 g/mol. The molecular formula is C30H39NO4. The van der Waals surface area contributed by atoms with Crippen LogP contribution in [0.4, 0.5) is 0 Å². The van der Waals surface area contributed by atoms with Gasteiger partial charge in [0.05, 0.1) is 0 Å². The molecule has 3 N–H and O–H groups in total. The Kier molecular flexibility index (Phi) is 9.29. The van der Waals surface area contributed by atoms with E-state index in [0.717, 1.165) is 35.1 Å². The van der Waals surface area contributed by atoms with Crippen LogP contribution in [0.15, 0.2) is 36.4 Å². The molecule has 0 aliphatic carbocycles. The van der Waals surface area contributed by atoms with Gasteiger partial charge in [-0.25, -0.2) is 0 Å². The van der Waals surface area contributed by atoms with E-state index in [9.17, 15) is 14.7 Å². The monoisotopic (exact) mass is 477 g/mol. The molecule has 1 unspecified atom stereocenters. The maximum absolute atomic E-state index is 12.6. The highest BCUT2D eigenvalue weighted by Gasteiger charge is 2.32. The van der Waals surface area contributed by atoms with Crippen molar-refractivity contribution in [1.29, 1.82) is 0 Å². The summed E-state index contributed by atoms with van der Waals surface area (Å²) in [5.41, 5.74) is 4.35. The van der Waals surface area contributed by atoms with Gasteiger partial charge in [-0.3, -0.25) is 9.59 Å². The number of aliphatic carboxylic acids is 1. The van der Waals surface area contributed by atoms with Crippen molar-refractivity contribution in [2.45, 2.75) is 91.2 Å². The predicted octanol–water partition coefficient (Wildman–Crippen LogP) is 5.52. The van der Waals surface area contributed by atoms with E-state index >= 15 is 0 Å². The summed E-state index contributed by atoms with van der Waals surface area (Å²) in [6, 6.07) is 11.2. The van der Waals surface area contributed by atoms with Crippen LogP contribution in [0, 0.1) is 25.7 Å². The molecule has 35 heavy (non-hydrogen) atoms. The van der Waals surface area contributed by atoms with Gasteiger partial charge in [-0.2, -0.15) is 0 Å². The Morgan fingerprint density at radius 3 is 1.91 bits per heavy atom. The van der Waals surface area contributed by atoms with E-state index in [1.54, 1.807) is 6.07 Å². The third-order valence-corrected chi connectivity index (χ3v) is 7.33. The fourth-order valence-electron chi connectivity index (χ4n) is 4.50. The second-order valence-corrected chi connectivity index (χ2v) is 9.37. The first-order valence-corrected chi connectivity index (χ1v) is 12.5. The zero-order valence-corrected chi connectivity index (χ0v) is 22.1. The van der Waals surface area contributed by atoms with E-state index in [0.29, 0.717) is 18.4 Å². The molecule has 2 rings (SSSR count). The number of hydrogen-bond acceptors (Lipinski definition) is 3. The van der Waals surface area contributed by atoms with Crippen LogP contribution < -0.4 is 5.32 Å². The van der Waals surface area contributed by atoms with Crippen molar-refractivity contribution in [3.8, 4) is 11.8 Å². The summed E-state index contributed by atoms with van der Waals surface area (Å²) < 4.78 is 0. The molecule has 0 saturated carbocycles. The first kappa shape index (κ1) is 28.1. The van der Waals surface area contributed by atoms with Crippen molar-refractivity contribution in [3.05, 3.63) is 69.8 Å². The molecule has 0 fully saturated rings. The van der Waals surface area contributed by atoms with E-state index in [1.165, 1.54) is 12.5 Å². The highest BCUT2D eigenvalue weighted by molar-refractivity contribution is 5.97. The average Bonchev–Trinajstić information content (AvgIpc) is 2.84. The Labute approximate surface area is 210 Å². The number of aliphatic hydroxyl groups is 1. The van der Waals surface area contributed by atoms with Gasteiger partial charge in [0.1, 0.15) is 11.6 Å². The molecule has 0 bridgehead atoms. The molecule has 188 valence electrons. The number of rotatable bonds is 9. The third kappa shape index (κ3) is 6.13. The Balaban J connectivity index is 2.47. The molecule has 0 saturated heterocycles. The van der Waals surface area contributed by atoms with Gasteiger partial charge in [0.15, 0.2) is 0 Å². The summed E-state index contributed by atoms with van der Waals surface area (Å²) in [5, 5.41) is 22.1. The van der Waals surface area contributed by atoms with Gasteiger partial charge in [0, 0.05) is 16.5 Å². The van der Waals surface area contributed by atoms with E-state index in [1.807, 2.05) is 45.9 Å². The van der Waals surface area contributed by atoms with E-state index in [4.69, 9.17) is 5.11 Å². The van der Waals surface area contributed by atoms with Crippen LogP contribution in [0.25, 0.3) is 0 Å². The molecule has 0 spiro atoms. The first-order valence-electron chi connectivity index (χ1n) is 12.5. The largest absolute Gasteiger partial charge is 0.480 e. The van der Waals surface area contributed by atoms with Crippen LogP contribution in [0.1, 0.15) is 98.5 Å². The van der Waals surface area contributed by atoms with Gasteiger partial charge in [0.25, 0.3) is 5.91 Å². The molecule has 0 aliphatic heterocycles. The van der Waals surface area contributed by atoms with Gasteiger partial charge in [-0.1, -0.05) is 63.8 Å². The van der Waals surface area contributed by atoms with E-state index < -0.39 is 17.6 Å². The Morgan fingerprint density at radius 2 is 1.46 bits per heavy atom. The molecule has 0 radical (unpaired) electrons. The molecule has 0 heterocycles. The van der Waals surface area contributed by atoms with Crippen LogP contribution in [-0.2, 0) is 10.2 Å². The Bertz CT molecular complexity index is 1130. The molecule has 5 nitrogen and oxygen atoms in total. The fourth-order valence-corrected chi connectivity index (χ4v) is 4.50. The number of carbonyl (C=O) groups excluding carboxylic acids is 1. The first-order chi connectivity index (χ1) is 16.5.